The van der Waals surface area contributed by atoms with Gasteiger partial charge in [-0.2, -0.15) is 0 Å². The van der Waals surface area contributed by atoms with Crippen molar-refractivity contribution in [2.45, 2.75) is 0 Å². The number of aromatic hydroxyl groups is 1. The molecule has 0 aliphatic heterocycles. The van der Waals surface area contributed by atoms with Crippen molar-refractivity contribution in [1.82, 2.24) is 0 Å². The summed E-state index contributed by atoms with van der Waals surface area (Å²) in [6, 6.07) is 14.9. The van der Waals surface area contributed by atoms with E-state index in [9.17, 15) is 14.7 Å². The molecule has 1 amide bonds. The number of nitrogens with one attached hydrogen (secondary N) is 1. The summed E-state index contributed by atoms with van der Waals surface area (Å²) >= 11 is 0. The Labute approximate surface area is 127 Å². The van der Waals surface area contributed by atoms with Crippen LogP contribution in [0.15, 0.2) is 54.6 Å². The van der Waals surface area contributed by atoms with Crippen LogP contribution in [0.3, 0.4) is 0 Å². The molecule has 0 unspecified atom stereocenters. The first-order valence-corrected chi connectivity index (χ1v) is 6.66. The minimum Gasteiger partial charge on any atom is -0.508 e. The highest BCUT2D eigenvalue weighted by Crippen LogP contribution is 2.15. The number of rotatable bonds is 6. The Hall–Kier alpha value is -3.02. The van der Waals surface area contributed by atoms with Crippen LogP contribution in [0.2, 0.25) is 0 Å². The summed E-state index contributed by atoms with van der Waals surface area (Å²) in [7, 11) is 0. The quantitative estimate of drug-likeness (QED) is 0.709. The van der Waals surface area contributed by atoms with Gasteiger partial charge in [-0.05, 0) is 36.4 Å². The summed E-state index contributed by atoms with van der Waals surface area (Å²) < 4.78 is 0. The molecule has 0 spiro atoms. The Morgan fingerprint density at radius 3 is 2.23 bits per heavy atom. The molecule has 2 rings (SSSR count). The predicted molar refractivity (Wildman–Crippen MR) is 83.0 cm³/mol. The normalized spacial score (nSPS) is 10.0. The lowest BCUT2D eigenvalue weighted by Gasteiger charge is -2.21. The van der Waals surface area contributed by atoms with Crippen LogP contribution >= 0.6 is 0 Å². The highest BCUT2D eigenvalue weighted by molar-refractivity contribution is 5.99. The summed E-state index contributed by atoms with van der Waals surface area (Å²) in [5.41, 5.74) is 1.19. The molecule has 3 N–H and O–H groups in total. The molecule has 0 fully saturated rings. The summed E-state index contributed by atoms with van der Waals surface area (Å²) in [5, 5.41) is 21.1. The van der Waals surface area contributed by atoms with Gasteiger partial charge in [-0.15, -0.1) is 0 Å². The predicted octanol–water partition coefficient (Wildman–Crippen LogP) is 1.92. The van der Waals surface area contributed by atoms with Crippen molar-refractivity contribution < 1.29 is 19.8 Å². The molecule has 0 aromatic heterocycles. The minimum absolute atomic E-state index is 0.0487. The lowest BCUT2D eigenvalue weighted by atomic mass is 10.2. The Balaban J connectivity index is 2.05. The second-order valence-corrected chi connectivity index (χ2v) is 4.61. The Morgan fingerprint density at radius 1 is 1.00 bits per heavy atom. The van der Waals surface area contributed by atoms with Gasteiger partial charge in [0.05, 0.1) is 6.54 Å². The van der Waals surface area contributed by atoms with Gasteiger partial charge in [-0.25, -0.2) is 0 Å². The van der Waals surface area contributed by atoms with E-state index in [0.717, 1.165) is 0 Å². The standard InChI is InChI=1S/C16H16N2O4/c19-14-8-6-12(7-9-14)17-10-15(20)18(11-16(21)22)13-4-2-1-3-5-13/h1-9,17,19H,10-11H2,(H,21,22). The van der Waals surface area contributed by atoms with E-state index >= 15 is 0 Å². The molecule has 114 valence electrons. The maximum atomic E-state index is 12.3. The van der Waals surface area contributed by atoms with Crippen molar-refractivity contribution in [2.24, 2.45) is 0 Å². The Kier molecular flexibility index (Phi) is 4.98. The first-order valence-electron chi connectivity index (χ1n) is 6.66. The fraction of sp³-hybridized carbons (Fsp3) is 0.125. The van der Waals surface area contributed by atoms with Crippen molar-refractivity contribution in [3.8, 4) is 5.75 Å². The largest absolute Gasteiger partial charge is 0.508 e. The highest BCUT2D eigenvalue weighted by atomic mass is 16.4. The molecule has 22 heavy (non-hydrogen) atoms. The molecular weight excluding hydrogens is 284 g/mol. The van der Waals surface area contributed by atoms with Gasteiger partial charge >= 0.3 is 5.97 Å². The monoisotopic (exact) mass is 300 g/mol. The summed E-state index contributed by atoms with van der Waals surface area (Å²) in [5.74, 6) is -1.31. The number of amides is 1. The number of hydrogen-bond acceptors (Lipinski definition) is 4. The third-order valence-electron chi connectivity index (χ3n) is 2.97. The molecule has 2 aromatic rings. The van der Waals surface area contributed by atoms with E-state index in [1.54, 1.807) is 42.5 Å². The Bertz CT molecular complexity index is 641. The molecule has 0 radical (unpaired) electrons. The summed E-state index contributed by atoms with van der Waals surface area (Å²) in [6.45, 7) is -0.451. The first-order chi connectivity index (χ1) is 10.6. The first kappa shape index (κ1) is 15.4. The number of phenols is 1. The lowest BCUT2D eigenvalue weighted by molar-refractivity contribution is -0.136. The molecule has 0 bridgehead atoms. The van der Waals surface area contributed by atoms with Gasteiger partial charge in [0.25, 0.3) is 0 Å². The van der Waals surface area contributed by atoms with Gasteiger partial charge in [-0.1, -0.05) is 18.2 Å². The van der Waals surface area contributed by atoms with Gasteiger partial charge < -0.3 is 15.5 Å². The number of carboxylic acid groups (broad SMARTS) is 1. The maximum Gasteiger partial charge on any atom is 0.323 e. The van der Waals surface area contributed by atoms with Crippen molar-refractivity contribution in [3.63, 3.8) is 0 Å². The van der Waals surface area contributed by atoms with E-state index in [-0.39, 0.29) is 18.2 Å². The molecule has 0 saturated carbocycles. The molecular formula is C16H16N2O4. The lowest BCUT2D eigenvalue weighted by Crippen LogP contribution is -2.39. The fourth-order valence-corrected chi connectivity index (χ4v) is 1.92. The number of aliphatic carboxylic acids is 1. The number of nitrogens with zero attached hydrogens (tertiary/aromatic N) is 1. The number of carbonyl (C=O) groups excluding carboxylic acids is 1. The van der Waals surface area contributed by atoms with E-state index in [1.807, 2.05) is 0 Å². The molecule has 2 aromatic carbocycles. The zero-order valence-corrected chi connectivity index (χ0v) is 11.8. The van der Waals surface area contributed by atoms with Gasteiger partial charge in [0.2, 0.25) is 5.91 Å². The van der Waals surface area contributed by atoms with Crippen LogP contribution in [0.5, 0.6) is 5.75 Å². The highest BCUT2D eigenvalue weighted by Gasteiger charge is 2.18. The van der Waals surface area contributed by atoms with Gasteiger partial charge in [0.1, 0.15) is 12.3 Å². The van der Waals surface area contributed by atoms with Crippen LogP contribution in [0.4, 0.5) is 11.4 Å². The van der Waals surface area contributed by atoms with E-state index < -0.39 is 12.5 Å². The second-order valence-electron chi connectivity index (χ2n) is 4.61. The third kappa shape index (κ3) is 4.24. The van der Waals surface area contributed by atoms with Gasteiger partial charge in [0.15, 0.2) is 0 Å². The maximum absolute atomic E-state index is 12.3. The number of anilines is 2. The minimum atomic E-state index is -1.08. The second kappa shape index (κ2) is 7.12. The number of carbonyl (C=O) groups is 2. The average molecular weight is 300 g/mol. The molecule has 6 heteroatoms. The van der Waals surface area contributed by atoms with Gasteiger partial charge in [-0.3, -0.25) is 14.5 Å². The number of para-hydroxylation sites is 1. The van der Waals surface area contributed by atoms with E-state index in [2.05, 4.69) is 5.32 Å². The van der Waals surface area contributed by atoms with Crippen LogP contribution in [-0.4, -0.2) is 35.2 Å². The molecule has 6 nitrogen and oxygen atoms in total. The van der Waals surface area contributed by atoms with Crippen molar-refractivity contribution in [2.75, 3.05) is 23.3 Å². The van der Waals surface area contributed by atoms with Crippen LogP contribution < -0.4 is 10.2 Å². The fourth-order valence-electron chi connectivity index (χ4n) is 1.92. The smallest absolute Gasteiger partial charge is 0.323 e. The van der Waals surface area contributed by atoms with E-state index in [1.165, 1.54) is 17.0 Å². The molecule has 0 atom stereocenters. The number of phenolic OH excluding ortho intramolecular Hbond substituents is 1. The molecule has 0 aliphatic carbocycles. The zero-order valence-electron chi connectivity index (χ0n) is 11.8. The zero-order chi connectivity index (χ0) is 15.9. The third-order valence-corrected chi connectivity index (χ3v) is 2.97. The number of hydrogen-bond donors (Lipinski definition) is 3. The topological polar surface area (TPSA) is 89.9 Å². The van der Waals surface area contributed by atoms with Crippen molar-refractivity contribution >= 4 is 23.3 Å². The Morgan fingerprint density at radius 2 is 1.64 bits per heavy atom. The SMILES string of the molecule is O=C(O)CN(C(=O)CNc1ccc(O)cc1)c1ccccc1. The molecule has 0 saturated heterocycles. The van der Waals surface area contributed by atoms with E-state index in [4.69, 9.17) is 5.11 Å². The summed E-state index contributed by atoms with van der Waals surface area (Å²) in [6.07, 6.45) is 0. The van der Waals surface area contributed by atoms with Crippen molar-refractivity contribution in [3.05, 3.63) is 54.6 Å². The van der Waals surface area contributed by atoms with E-state index in [0.29, 0.717) is 11.4 Å². The molecule has 0 aliphatic rings. The number of benzene rings is 2. The number of carboxylic acids is 1. The van der Waals surface area contributed by atoms with Gasteiger partial charge in [0, 0.05) is 11.4 Å². The average Bonchev–Trinajstić information content (AvgIpc) is 2.52. The molecule has 0 heterocycles. The van der Waals surface area contributed by atoms with Crippen LogP contribution in [0.25, 0.3) is 0 Å². The van der Waals surface area contributed by atoms with Crippen LogP contribution in [0, 0.1) is 0 Å². The summed E-state index contributed by atoms with van der Waals surface area (Å²) in [4.78, 5) is 24.4. The van der Waals surface area contributed by atoms with Crippen LogP contribution in [-0.2, 0) is 9.59 Å². The van der Waals surface area contributed by atoms with Crippen LogP contribution in [0.1, 0.15) is 0 Å². The van der Waals surface area contributed by atoms with Crippen molar-refractivity contribution in [1.29, 1.82) is 0 Å².